The van der Waals surface area contributed by atoms with Crippen molar-refractivity contribution in [2.45, 2.75) is 65.3 Å². The van der Waals surface area contributed by atoms with E-state index in [0.717, 1.165) is 13.0 Å². The van der Waals surface area contributed by atoms with Gasteiger partial charge in [-0.1, -0.05) is 70.7 Å². The maximum atomic E-state index is 3.65. The molecule has 1 heteroatoms. The molecular weight excluding hydrogens is 218 g/mol. The third kappa shape index (κ3) is 4.81. The summed E-state index contributed by atoms with van der Waals surface area (Å²) in [5, 5.41) is 3.65. The number of hydrogen-bond acceptors (Lipinski definition) is 1. The quantitative estimate of drug-likeness (QED) is 0.614. The van der Waals surface area contributed by atoms with Gasteiger partial charge in [-0.15, -0.1) is 0 Å². The Hall–Kier alpha value is -0.820. The summed E-state index contributed by atoms with van der Waals surface area (Å²) in [5.41, 5.74) is 3.01. The van der Waals surface area contributed by atoms with Gasteiger partial charge in [0.25, 0.3) is 0 Å². The van der Waals surface area contributed by atoms with Gasteiger partial charge in [-0.05, 0) is 30.5 Å². The topological polar surface area (TPSA) is 12.0 Å². The van der Waals surface area contributed by atoms with E-state index >= 15 is 0 Å². The second-order valence-electron chi connectivity index (χ2n) is 5.01. The second kappa shape index (κ2) is 9.16. The lowest BCUT2D eigenvalue weighted by molar-refractivity contribution is 0.479. The van der Waals surface area contributed by atoms with Gasteiger partial charge in [-0.25, -0.2) is 0 Å². The van der Waals surface area contributed by atoms with Crippen LogP contribution in [0.25, 0.3) is 0 Å². The standard InChI is InChI=1S/C17H29N/c1-4-7-8-9-14-17(18-6-3)16-13-11-10-12-15(16)5-2/h10-13,17-18H,4-9,14H2,1-3H3. The first kappa shape index (κ1) is 15.2. The van der Waals surface area contributed by atoms with E-state index in [1.165, 1.54) is 43.2 Å². The summed E-state index contributed by atoms with van der Waals surface area (Å²) in [6.07, 6.45) is 7.79. The van der Waals surface area contributed by atoms with Gasteiger partial charge in [0.2, 0.25) is 0 Å². The Bertz CT molecular complexity index is 319. The normalized spacial score (nSPS) is 12.6. The molecule has 0 saturated heterocycles. The molecule has 18 heavy (non-hydrogen) atoms. The van der Waals surface area contributed by atoms with Crippen LogP contribution in [0.5, 0.6) is 0 Å². The number of rotatable bonds is 9. The largest absolute Gasteiger partial charge is 0.310 e. The van der Waals surface area contributed by atoms with Crippen LogP contribution in [0.2, 0.25) is 0 Å². The van der Waals surface area contributed by atoms with Gasteiger partial charge >= 0.3 is 0 Å². The average molecular weight is 247 g/mol. The van der Waals surface area contributed by atoms with Gasteiger partial charge in [0, 0.05) is 6.04 Å². The Balaban J connectivity index is 2.64. The Morgan fingerprint density at radius 2 is 1.78 bits per heavy atom. The minimum absolute atomic E-state index is 0.544. The highest BCUT2D eigenvalue weighted by Gasteiger charge is 2.12. The van der Waals surface area contributed by atoms with Crippen LogP contribution in [0.15, 0.2) is 24.3 Å². The zero-order chi connectivity index (χ0) is 13.2. The molecule has 1 aromatic rings. The first-order valence-corrected chi connectivity index (χ1v) is 7.64. The Morgan fingerprint density at radius 3 is 2.44 bits per heavy atom. The van der Waals surface area contributed by atoms with Crippen LogP contribution < -0.4 is 5.32 Å². The molecule has 0 heterocycles. The van der Waals surface area contributed by atoms with E-state index in [-0.39, 0.29) is 0 Å². The van der Waals surface area contributed by atoms with E-state index < -0.39 is 0 Å². The van der Waals surface area contributed by atoms with Gasteiger partial charge in [0.15, 0.2) is 0 Å². The third-order valence-corrected chi connectivity index (χ3v) is 3.61. The number of aryl methyl sites for hydroxylation is 1. The molecule has 0 aliphatic heterocycles. The van der Waals surface area contributed by atoms with Crippen LogP contribution in [-0.4, -0.2) is 6.54 Å². The van der Waals surface area contributed by atoms with E-state index in [9.17, 15) is 0 Å². The van der Waals surface area contributed by atoms with Crippen molar-refractivity contribution in [2.24, 2.45) is 0 Å². The zero-order valence-electron chi connectivity index (χ0n) is 12.3. The molecule has 1 unspecified atom stereocenters. The van der Waals surface area contributed by atoms with Gasteiger partial charge in [-0.3, -0.25) is 0 Å². The lowest BCUT2D eigenvalue weighted by Gasteiger charge is -2.21. The number of benzene rings is 1. The monoisotopic (exact) mass is 247 g/mol. The molecule has 0 aromatic heterocycles. The summed E-state index contributed by atoms with van der Waals surface area (Å²) in [6.45, 7) is 7.77. The van der Waals surface area contributed by atoms with E-state index in [1.54, 1.807) is 0 Å². The summed E-state index contributed by atoms with van der Waals surface area (Å²) >= 11 is 0. The van der Waals surface area contributed by atoms with Gasteiger partial charge < -0.3 is 5.32 Å². The van der Waals surface area contributed by atoms with Crippen molar-refractivity contribution in [3.05, 3.63) is 35.4 Å². The first-order valence-electron chi connectivity index (χ1n) is 7.64. The van der Waals surface area contributed by atoms with Crippen molar-refractivity contribution in [3.63, 3.8) is 0 Å². The molecule has 1 atom stereocenters. The molecule has 0 fully saturated rings. The van der Waals surface area contributed by atoms with Crippen molar-refractivity contribution in [2.75, 3.05) is 6.54 Å². The molecule has 0 radical (unpaired) electrons. The van der Waals surface area contributed by atoms with E-state index in [4.69, 9.17) is 0 Å². The number of nitrogens with one attached hydrogen (secondary N) is 1. The zero-order valence-corrected chi connectivity index (χ0v) is 12.3. The van der Waals surface area contributed by atoms with Crippen LogP contribution >= 0.6 is 0 Å². The molecule has 1 rings (SSSR count). The smallest absolute Gasteiger partial charge is 0.0322 e. The fraction of sp³-hybridized carbons (Fsp3) is 0.647. The maximum absolute atomic E-state index is 3.65. The molecule has 1 nitrogen and oxygen atoms in total. The molecule has 1 aromatic carbocycles. The predicted molar refractivity (Wildman–Crippen MR) is 81.0 cm³/mol. The molecular formula is C17H29N. The summed E-state index contributed by atoms with van der Waals surface area (Å²) < 4.78 is 0. The van der Waals surface area contributed by atoms with Gasteiger partial charge in [0.05, 0.1) is 0 Å². The first-order chi connectivity index (χ1) is 8.83. The van der Waals surface area contributed by atoms with E-state index in [1.807, 2.05) is 0 Å². The van der Waals surface area contributed by atoms with Gasteiger partial charge in [0.1, 0.15) is 0 Å². The highest BCUT2D eigenvalue weighted by molar-refractivity contribution is 5.30. The molecule has 0 aliphatic carbocycles. The lowest BCUT2D eigenvalue weighted by atomic mass is 9.94. The second-order valence-corrected chi connectivity index (χ2v) is 5.01. The summed E-state index contributed by atoms with van der Waals surface area (Å²) in [4.78, 5) is 0. The van der Waals surface area contributed by atoms with Crippen LogP contribution in [0.1, 0.15) is 70.0 Å². The van der Waals surface area contributed by atoms with Crippen molar-refractivity contribution < 1.29 is 0 Å². The molecule has 0 aliphatic rings. The van der Waals surface area contributed by atoms with Crippen LogP contribution in [-0.2, 0) is 6.42 Å². The van der Waals surface area contributed by atoms with Crippen molar-refractivity contribution >= 4 is 0 Å². The van der Waals surface area contributed by atoms with Crippen molar-refractivity contribution in [1.82, 2.24) is 5.32 Å². The lowest BCUT2D eigenvalue weighted by Crippen LogP contribution is -2.22. The highest BCUT2D eigenvalue weighted by atomic mass is 14.9. The summed E-state index contributed by atoms with van der Waals surface area (Å²) in [7, 11) is 0. The van der Waals surface area contributed by atoms with E-state index in [0.29, 0.717) is 6.04 Å². The molecule has 0 spiro atoms. The van der Waals surface area contributed by atoms with Crippen LogP contribution in [0.3, 0.4) is 0 Å². The minimum Gasteiger partial charge on any atom is -0.310 e. The van der Waals surface area contributed by atoms with Crippen molar-refractivity contribution in [1.29, 1.82) is 0 Å². The average Bonchev–Trinajstić information content (AvgIpc) is 2.42. The molecule has 102 valence electrons. The fourth-order valence-corrected chi connectivity index (χ4v) is 2.59. The van der Waals surface area contributed by atoms with Gasteiger partial charge in [-0.2, -0.15) is 0 Å². The third-order valence-electron chi connectivity index (χ3n) is 3.61. The maximum Gasteiger partial charge on any atom is 0.0322 e. The van der Waals surface area contributed by atoms with Crippen LogP contribution in [0, 0.1) is 0 Å². The molecule has 1 N–H and O–H groups in total. The van der Waals surface area contributed by atoms with E-state index in [2.05, 4.69) is 50.4 Å². The molecule has 0 bridgehead atoms. The Kier molecular flexibility index (Phi) is 7.75. The Morgan fingerprint density at radius 1 is 1.00 bits per heavy atom. The molecule has 0 amide bonds. The van der Waals surface area contributed by atoms with Crippen LogP contribution in [0.4, 0.5) is 0 Å². The minimum atomic E-state index is 0.544. The predicted octanol–water partition coefficient (Wildman–Crippen LogP) is 4.87. The summed E-state index contributed by atoms with van der Waals surface area (Å²) in [6, 6.07) is 9.44. The molecule has 0 saturated carbocycles. The number of hydrogen-bond donors (Lipinski definition) is 1. The van der Waals surface area contributed by atoms with Crippen molar-refractivity contribution in [3.8, 4) is 0 Å². The summed E-state index contributed by atoms with van der Waals surface area (Å²) in [5.74, 6) is 0. The fourth-order valence-electron chi connectivity index (χ4n) is 2.59. The highest BCUT2D eigenvalue weighted by Crippen LogP contribution is 2.24. The number of unbranched alkanes of at least 4 members (excludes halogenated alkanes) is 3. The SMILES string of the molecule is CCCCCCC(NCC)c1ccccc1CC. The Labute approximate surface area is 113 Å².